The molecule has 1 aromatic carbocycles. The fraction of sp³-hybridized carbons (Fsp3) is 0.231. The molecule has 7 heteroatoms. The zero-order valence-electron chi connectivity index (χ0n) is 11.0. The van der Waals surface area contributed by atoms with Gasteiger partial charge in [-0.15, -0.1) is 0 Å². The van der Waals surface area contributed by atoms with Gasteiger partial charge < -0.3 is 10.6 Å². The third-order valence-corrected chi connectivity index (χ3v) is 2.98. The lowest BCUT2D eigenvalue weighted by Crippen LogP contribution is -2.06. The molecule has 0 atom stereocenters. The highest BCUT2D eigenvalue weighted by atomic mass is 35.5. The fourth-order valence-electron chi connectivity index (χ4n) is 1.70. The number of nitrogens with one attached hydrogen (secondary N) is 2. The number of rotatable bonds is 4. The van der Waals surface area contributed by atoms with Crippen molar-refractivity contribution in [2.24, 2.45) is 0 Å². The third kappa shape index (κ3) is 2.96. The SMILES string of the molecule is CCNc1ncnc(Nc2c(F)cc(F)cc2Cl)c1C. The summed E-state index contributed by atoms with van der Waals surface area (Å²) in [6.07, 6.45) is 1.35. The zero-order chi connectivity index (χ0) is 14.7. The number of hydrogen-bond donors (Lipinski definition) is 2. The second-order valence-corrected chi connectivity index (χ2v) is 4.50. The van der Waals surface area contributed by atoms with Gasteiger partial charge in [0.25, 0.3) is 0 Å². The van der Waals surface area contributed by atoms with Crippen LogP contribution in [-0.2, 0) is 0 Å². The first-order chi connectivity index (χ1) is 9.52. The quantitative estimate of drug-likeness (QED) is 0.899. The molecule has 4 nitrogen and oxygen atoms in total. The van der Waals surface area contributed by atoms with Gasteiger partial charge in [-0.1, -0.05) is 11.6 Å². The van der Waals surface area contributed by atoms with Crippen LogP contribution in [0.2, 0.25) is 5.02 Å². The Morgan fingerprint density at radius 1 is 1.20 bits per heavy atom. The molecule has 106 valence electrons. The maximum Gasteiger partial charge on any atom is 0.151 e. The van der Waals surface area contributed by atoms with Crippen molar-refractivity contribution in [1.82, 2.24) is 9.97 Å². The molecule has 0 spiro atoms. The summed E-state index contributed by atoms with van der Waals surface area (Å²) in [6, 6.07) is 1.80. The minimum Gasteiger partial charge on any atom is -0.370 e. The third-order valence-electron chi connectivity index (χ3n) is 2.68. The van der Waals surface area contributed by atoms with Crippen molar-refractivity contribution in [1.29, 1.82) is 0 Å². The zero-order valence-corrected chi connectivity index (χ0v) is 11.7. The van der Waals surface area contributed by atoms with E-state index in [4.69, 9.17) is 11.6 Å². The highest BCUT2D eigenvalue weighted by Gasteiger charge is 2.13. The maximum atomic E-state index is 13.7. The van der Waals surface area contributed by atoms with Crippen molar-refractivity contribution in [2.75, 3.05) is 17.2 Å². The Bertz CT molecular complexity index is 611. The molecule has 1 aromatic heterocycles. The Morgan fingerprint density at radius 2 is 1.90 bits per heavy atom. The van der Waals surface area contributed by atoms with E-state index in [2.05, 4.69) is 20.6 Å². The van der Waals surface area contributed by atoms with Crippen molar-refractivity contribution in [2.45, 2.75) is 13.8 Å². The van der Waals surface area contributed by atoms with Crippen LogP contribution in [0.4, 0.5) is 26.1 Å². The van der Waals surface area contributed by atoms with E-state index in [0.29, 0.717) is 23.7 Å². The molecule has 0 fully saturated rings. The second kappa shape index (κ2) is 6.00. The van der Waals surface area contributed by atoms with Crippen molar-refractivity contribution >= 4 is 28.9 Å². The van der Waals surface area contributed by atoms with Gasteiger partial charge in [-0.25, -0.2) is 18.7 Å². The van der Waals surface area contributed by atoms with Gasteiger partial charge >= 0.3 is 0 Å². The van der Waals surface area contributed by atoms with E-state index in [9.17, 15) is 8.78 Å². The number of nitrogens with zero attached hydrogens (tertiary/aromatic N) is 2. The van der Waals surface area contributed by atoms with Crippen LogP contribution in [0, 0.1) is 18.6 Å². The summed E-state index contributed by atoms with van der Waals surface area (Å²) in [4.78, 5) is 8.12. The Morgan fingerprint density at radius 3 is 2.55 bits per heavy atom. The van der Waals surface area contributed by atoms with E-state index in [1.54, 1.807) is 6.92 Å². The van der Waals surface area contributed by atoms with Gasteiger partial charge in [-0.05, 0) is 19.9 Å². The average Bonchev–Trinajstić information content (AvgIpc) is 2.38. The summed E-state index contributed by atoms with van der Waals surface area (Å²) in [5, 5.41) is 5.78. The topological polar surface area (TPSA) is 49.8 Å². The molecule has 2 aromatic rings. The molecule has 0 radical (unpaired) electrons. The van der Waals surface area contributed by atoms with E-state index < -0.39 is 11.6 Å². The van der Waals surface area contributed by atoms with Crippen LogP contribution < -0.4 is 10.6 Å². The van der Waals surface area contributed by atoms with Crippen LogP contribution in [0.1, 0.15) is 12.5 Å². The largest absolute Gasteiger partial charge is 0.370 e. The smallest absolute Gasteiger partial charge is 0.151 e. The summed E-state index contributed by atoms with van der Waals surface area (Å²) >= 11 is 5.84. The fourth-order valence-corrected chi connectivity index (χ4v) is 1.94. The normalized spacial score (nSPS) is 10.4. The van der Waals surface area contributed by atoms with Crippen LogP contribution in [0.15, 0.2) is 18.5 Å². The maximum absolute atomic E-state index is 13.7. The summed E-state index contributed by atoms with van der Waals surface area (Å²) in [5.41, 5.74) is 0.700. The average molecular weight is 299 g/mol. The first-order valence-corrected chi connectivity index (χ1v) is 6.37. The van der Waals surface area contributed by atoms with Crippen LogP contribution in [-0.4, -0.2) is 16.5 Å². The molecule has 1 heterocycles. The number of halogens is 3. The predicted octanol–water partition coefficient (Wildman–Crippen LogP) is 3.89. The van der Waals surface area contributed by atoms with Crippen LogP contribution in [0.25, 0.3) is 0 Å². The molecule has 2 N–H and O–H groups in total. The van der Waals surface area contributed by atoms with Gasteiger partial charge in [0.15, 0.2) is 5.82 Å². The van der Waals surface area contributed by atoms with E-state index >= 15 is 0 Å². The minimum atomic E-state index is -0.780. The van der Waals surface area contributed by atoms with E-state index in [0.717, 1.165) is 12.1 Å². The van der Waals surface area contributed by atoms with Gasteiger partial charge in [0.05, 0.1) is 10.7 Å². The molecule has 0 aliphatic heterocycles. The van der Waals surface area contributed by atoms with Gasteiger partial charge in [-0.2, -0.15) is 0 Å². The summed E-state index contributed by atoms with van der Waals surface area (Å²) < 4.78 is 26.7. The van der Waals surface area contributed by atoms with Crippen molar-refractivity contribution in [3.8, 4) is 0 Å². The molecular formula is C13H13ClF2N4. The van der Waals surface area contributed by atoms with E-state index in [1.165, 1.54) is 6.33 Å². The molecule has 0 saturated carbocycles. The minimum absolute atomic E-state index is 0.0164. The van der Waals surface area contributed by atoms with Gasteiger partial charge in [-0.3, -0.25) is 0 Å². The Balaban J connectivity index is 2.38. The highest BCUT2D eigenvalue weighted by Crippen LogP contribution is 2.30. The summed E-state index contributed by atoms with van der Waals surface area (Å²) in [7, 11) is 0. The number of hydrogen-bond acceptors (Lipinski definition) is 4. The van der Waals surface area contributed by atoms with E-state index in [1.807, 2.05) is 6.92 Å². The number of aromatic nitrogens is 2. The molecular weight excluding hydrogens is 286 g/mol. The molecule has 2 rings (SSSR count). The lowest BCUT2D eigenvalue weighted by molar-refractivity contribution is 0.586. The van der Waals surface area contributed by atoms with Crippen molar-refractivity contribution < 1.29 is 8.78 Å². The lowest BCUT2D eigenvalue weighted by Gasteiger charge is -2.13. The number of anilines is 3. The van der Waals surface area contributed by atoms with Gasteiger partial charge in [0, 0.05) is 18.2 Å². The van der Waals surface area contributed by atoms with Crippen LogP contribution >= 0.6 is 11.6 Å². The molecule has 0 bridgehead atoms. The Kier molecular flexibility index (Phi) is 4.34. The predicted molar refractivity (Wildman–Crippen MR) is 75.6 cm³/mol. The first-order valence-electron chi connectivity index (χ1n) is 6.00. The Hall–Kier alpha value is -1.95. The first kappa shape index (κ1) is 14.5. The van der Waals surface area contributed by atoms with E-state index in [-0.39, 0.29) is 10.7 Å². The molecule has 0 aliphatic carbocycles. The highest BCUT2D eigenvalue weighted by molar-refractivity contribution is 6.33. The van der Waals surface area contributed by atoms with Gasteiger partial charge in [0.1, 0.15) is 23.8 Å². The molecule has 20 heavy (non-hydrogen) atoms. The standard InChI is InChI=1S/C13H13ClF2N4/c1-3-17-12-7(2)13(19-6-18-12)20-11-9(14)4-8(15)5-10(11)16/h4-6H,3H2,1-2H3,(H2,17,18,19,20). The summed E-state index contributed by atoms with van der Waals surface area (Å²) in [6.45, 7) is 4.42. The monoisotopic (exact) mass is 298 g/mol. The molecule has 0 amide bonds. The number of benzene rings is 1. The van der Waals surface area contributed by atoms with Crippen LogP contribution in [0.3, 0.4) is 0 Å². The van der Waals surface area contributed by atoms with Crippen molar-refractivity contribution in [3.05, 3.63) is 40.7 Å². The molecule has 0 aliphatic rings. The molecule has 0 saturated heterocycles. The van der Waals surface area contributed by atoms with Gasteiger partial charge in [0.2, 0.25) is 0 Å². The summed E-state index contributed by atoms with van der Waals surface area (Å²) in [5.74, 6) is -0.462. The van der Waals surface area contributed by atoms with Crippen molar-refractivity contribution in [3.63, 3.8) is 0 Å². The second-order valence-electron chi connectivity index (χ2n) is 4.10. The lowest BCUT2D eigenvalue weighted by atomic mass is 10.2. The van der Waals surface area contributed by atoms with Crippen LogP contribution in [0.5, 0.6) is 0 Å². The Labute approximate surface area is 120 Å². The molecule has 0 unspecified atom stereocenters.